The number of anilines is 1. The highest BCUT2D eigenvalue weighted by Gasteiger charge is 2.14. The minimum Gasteiger partial charge on any atom is -0.374 e. The van der Waals surface area contributed by atoms with Crippen LogP contribution in [-0.2, 0) is 10.8 Å². The molecule has 90 valence electrons. The number of fused-ring (bicyclic) bond motifs is 1. The van der Waals surface area contributed by atoms with Crippen molar-refractivity contribution in [3.05, 3.63) is 36.4 Å². The fourth-order valence-corrected chi connectivity index (χ4v) is 3.36. The Morgan fingerprint density at radius 3 is 2.72 bits per heavy atom. The molecule has 0 bridgehead atoms. The van der Waals surface area contributed by atoms with Crippen LogP contribution >= 0.6 is 11.3 Å². The molecule has 0 aliphatic rings. The van der Waals surface area contributed by atoms with Crippen LogP contribution < -0.4 is 5.73 Å². The number of hydrogen-bond acceptors (Lipinski definition) is 6. The molecule has 0 fully saturated rings. The molecule has 3 rings (SSSR count). The Morgan fingerprint density at radius 1 is 1.11 bits per heavy atom. The molecule has 1 unspecified atom stereocenters. The van der Waals surface area contributed by atoms with Gasteiger partial charge in [0.1, 0.15) is 15.8 Å². The number of nitrogens with zero attached hydrogens (tertiary/aromatic N) is 3. The zero-order chi connectivity index (χ0) is 12.5. The Labute approximate surface area is 109 Å². The van der Waals surface area contributed by atoms with E-state index in [1.54, 1.807) is 6.07 Å². The van der Waals surface area contributed by atoms with Gasteiger partial charge in [0.2, 0.25) is 9.47 Å². The van der Waals surface area contributed by atoms with Crippen molar-refractivity contribution < 1.29 is 4.21 Å². The fourth-order valence-electron chi connectivity index (χ4n) is 1.54. The van der Waals surface area contributed by atoms with Gasteiger partial charge >= 0.3 is 0 Å². The number of nitrogens with two attached hydrogens (primary N) is 1. The molecule has 2 aromatic heterocycles. The van der Waals surface area contributed by atoms with Crippen LogP contribution in [0.4, 0.5) is 5.13 Å². The van der Waals surface area contributed by atoms with Crippen molar-refractivity contribution >= 4 is 38.2 Å². The molecule has 2 N–H and O–H groups in total. The van der Waals surface area contributed by atoms with Crippen molar-refractivity contribution in [2.45, 2.75) is 9.37 Å². The average molecular weight is 276 g/mol. The van der Waals surface area contributed by atoms with Gasteiger partial charge in [-0.05, 0) is 12.1 Å². The van der Waals surface area contributed by atoms with Crippen LogP contribution in [-0.4, -0.2) is 19.4 Å². The summed E-state index contributed by atoms with van der Waals surface area (Å²) in [6, 6.07) is 11.3. The first-order valence-corrected chi connectivity index (χ1v) is 7.07. The van der Waals surface area contributed by atoms with Crippen LogP contribution in [0.15, 0.2) is 45.8 Å². The molecule has 0 aliphatic heterocycles. The molecule has 0 radical (unpaired) electrons. The van der Waals surface area contributed by atoms with Crippen molar-refractivity contribution in [2.75, 3.05) is 5.73 Å². The highest BCUT2D eigenvalue weighted by molar-refractivity contribution is 7.87. The van der Waals surface area contributed by atoms with E-state index in [1.165, 1.54) is 0 Å². The zero-order valence-electron chi connectivity index (χ0n) is 9.11. The summed E-state index contributed by atoms with van der Waals surface area (Å²) < 4.78 is 12.6. The van der Waals surface area contributed by atoms with E-state index < -0.39 is 10.8 Å². The van der Waals surface area contributed by atoms with Gasteiger partial charge < -0.3 is 5.73 Å². The predicted octanol–water partition coefficient (Wildman–Crippen LogP) is 1.84. The van der Waals surface area contributed by atoms with E-state index in [9.17, 15) is 4.21 Å². The zero-order valence-corrected chi connectivity index (χ0v) is 10.7. The van der Waals surface area contributed by atoms with Crippen LogP contribution in [0.3, 0.4) is 0 Å². The fraction of sp³-hybridized carbons (Fsp3) is 0. The maximum atomic E-state index is 12.2. The maximum absolute atomic E-state index is 12.2. The second kappa shape index (κ2) is 4.43. The van der Waals surface area contributed by atoms with Gasteiger partial charge in [0.15, 0.2) is 0 Å². The summed E-state index contributed by atoms with van der Waals surface area (Å²) in [6.07, 6.45) is 0. The number of nitrogen functional groups attached to an aromatic ring is 1. The van der Waals surface area contributed by atoms with E-state index >= 15 is 0 Å². The molecule has 1 atom stereocenters. The largest absolute Gasteiger partial charge is 0.374 e. The Kier molecular flexibility index (Phi) is 2.77. The average Bonchev–Trinajstić information content (AvgIpc) is 2.84. The first kappa shape index (κ1) is 11.2. The lowest BCUT2D eigenvalue weighted by Crippen LogP contribution is -1.96. The summed E-state index contributed by atoms with van der Waals surface area (Å²) in [7, 11) is -1.43. The van der Waals surface area contributed by atoms with Gasteiger partial charge in [-0.15, -0.1) is 10.2 Å². The first-order chi connectivity index (χ1) is 8.74. The third-order valence-corrected chi connectivity index (χ3v) is 4.60. The summed E-state index contributed by atoms with van der Waals surface area (Å²) in [5.41, 5.74) is 6.28. The summed E-state index contributed by atoms with van der Waals surface area (Å²) in [5, 5.41) is 9.20. The van der Waals surface area contributed by atoms with Crippen molar-refractivity contribution in [1.29, 1.82) is 0 Å². The Morgan fingerprint density at radius 2 is 1.94 bits per heavy atom. The van der Waals surface area contributed by atoms with Crippen LogP contribution in [0.2, 0.25) is 0 Å². The molecule has 0 saturated carbocycles. The molecule has 0 amide bonds. The number of benzene rings is 1. The molecule has 1 aromatic carbocycles. The molecule has 0 spiro atoms. The Bertz CT molecular complexity index is 740. The summed E-state index contributed by atoms with van der Waals surface area (Å²) in [6.45, 7) is 0. The molecule has 0 aliphatic carbocycles. The molecule has 7 heteroatoms. The molecule has 18 heavy (non-hydrogen) atoms. The first-order valence-electron chi connectivity index (χ1n) is 5.10. The highest BCUT2D eigenvalue weighted by atomic mass is 32.2. The topological polar surface area (TPSA) is 81.8 Å². The normalized spacial score (nSPS) is 12.7. The molecule has 3 aromatic rings. The van der Waals surface area contributed by atoms with E-state index in [4.69, 9.17) is 5.73 Å². The molecule has 2 heterocycles. The van der Waals surface area contributed by atoms with E-state index in [2.05, 4.69) is 15.2 Å². The monoisotopic (exact) mass is 276 g/mol. The number of para-hydroxylation sites is 1. The standard InChI is InChI=1S/C11H8N4OS2/c12-10-14-15-11(17-10)18(16)9-6-5-7-3-1-2-4-8(7)13-9/h1-6H,(H2,12,14). The minimum atomic E-state index is -1.43. The van der Waals surface area contributed by atoms with E-state index in [0.29, 0.717) is 14.5 Å². The van der Waals surface area contributed by atoms with Gasteiger partial charge in [-0.2, -0.15) is 0 Å². The summed E-state index contributed by atoms with van der Waals surface area (Å²) in [4.78, 5) is 4.36. The lowest BCUT2D eigenvalue weighted by atomic mass is 10.2. The smallest absolute Gasteiger partial charge is 0.212 e. The summed E-state index contributed by atoms with van der Waals surface area (Å²) >= 11 is 1.11. The number of pyridine rings is 1. The summed E-state index contributed by atoms with van der Waals surface area (Å²) in [5.74, 6) is 0. The Balaban J connectivity index is 2.06. The third kappa shape index (κ3) is 1.98. The third-order valence-electron chi connectivity index (χ3n) is 2.34. The maximum Gasteiger partial charge on any atom is 0.212 e. The van der Waals surface area contributed by atoms with Gasteiger partial charge in [0, 0.05) is 5.39 Å². The lowest BCUT2D eigenvalue weighted by molar-refractivity contribution is 0.679. The van der Waals surface area contributed by atoms with Crippen LogP contribution in [0.25, 0.3) is 10.9 Å². The van der Waals surface area contributed by atoms with Crippen LogP contribution in [0.1, 0.15) is 0 Å². The van der Waals surface area contributed by atoms with Gasteiger partial charge in [-0.3, -0.25) is 0 Å². The van der Waals surface area contributed by atoms with Gasteiger partial charge in [-0.25, -0.2) is 9.19 Å². The lowest BCUT2D eigenvalue weighted by Gasteiger charge is -2.00. The highest BCUT2D eigenvalue weighted by Crippen LogP contribution is 2.21. The van der Waals surface area contributed by atoms with Crippen LogP contribution in [0, 0.1) is 0 Å². The van der Waals surface area contributed by atoms with Crippen molar-refractivity contribution in [3.63, 3.8) is 0 Å². The van der Waals surface area contributed by atoms with E-state index in [-0.39, 0.29) is 0 Å². The molecular weight excluding hydrogens is 268 g/mol. The van der Waals surface area contributed by atoms with Gasteiger partial charge in [0.05, 0.1) is 5.52 Å². The number of hydrogen-bond donors (Lipinski definition) is 1. The van der Waals surface area contributed by atoms with E-state index in [0.717, 1.165) is 22.2 Å². The molecule has 0 saturated heterocycles. The number of rotatable bonds is 2. The Hall–Kier alpha value is -1.86. The second-order valence-corrected chi connectivity index (χ2v) is 6.13. The second-order valence-electron chi connectivity index (χ2n) is 3.52. The SMILES string of the molecule is Nc1nnc(S(=O)c2ccc3ccccc3n2)s1. The number of aromatic nitrogens is 3. The minimum absolute atomic E-state index is 0.305. The molecule has 5 nitrogen and oxygen atoms in total. The van der Waals surface area contributed by atoms with Crippen molar-refractivity contribution in [3.8, 4) is 0 Å². The van der Waals surface area contributed by atoms with Crippen LogP contribution in [0.5, 0.6) is 0 Å². The predicted molar refractivity (Wildman–Crippen MR) is 70.7 cm³/mol. The van der Waals surface area contributed by atoms with Crippen molar-refractivity contribution in [1.82, 2.24) is 15.2 Å². The quantitative estimate of drug-likeness (QED) is 0.772. The van der Waals surface area contributed by atoms with Gasteiger partial charge in [0.25, 0.3) is 0 Å². The van der Waals surface area contributed by atoms with Crippen molar-refractivity contribution in [2.24, 2.45) is 0 Å². The van der Waals surface area contributed by atoms with E-state index in [1.807, 2.05) is 30.3 Å². The molecular formula is C11H8N4OS2. The van der Waals surface area contributed by atoms with Gasteiger partial charge in [-0.1, -0.05) is 35.6 Å².